The Labute approximate surface area is 70.3 Å². The van der Waals surface area contributed by atoms with Crippen LogP contribution in [0.4, 0.5) is 0 Å². The molecule has 2 heteroatoms. The van der Waals surface area contributed by atoms with Crippen LogP contribution < -0.4 is 0 Å². The molecule has 0 atom stereocenters. The van der Waals surface area contributed by atoms with Crippen molar-refractivity contribution in [1.29, 1.82) is 0 Å². The van der Waals surface area contributed by atoms with Crippen molar-refractivity contribution in [3.05, 3.63) is 0 Å². The van der Waals surface area contributed by atoms with Crippen LogP contribution in [0.15, 0.2) is 5.10 Å². The molecule has 11 heavy (non-hydrogen) atoms. The highest BCUT2D eigenvalue weighted by atomic mass is 15.4. The maximum absolute atomic E-state index is 4.13. The first-order chi connectivity index (χ1) is 5.27. The standard InChI is InChI=1S/C9H20N2/c1-4-5-6-7-8-9-10-11(2)3/h9H,4-8H2,1-3H3. The number of hydrazone groups is 1. The van der Waals surface area contributed by atoms with E-state index in [9.17, 15) is 0 Å². The summed E-state index contributed by atoms with van der Waals surface area (Å²) >= 11 is 0. The molecule has 0 rings (SSSR count). The summed E-state index contributed by atoms with van der Waals surface area (Å²) in [6.45, 7) is 2.23. The Kier molecular flexibility index (Phi) is 7.21. The van der Waals surface area contributed by atoms with E-state index in [1.807, 2.05) is 25.3 Å². The third-order valence-electron chi connectivity index (χ3n) is 1.50. The zero-order valence-corrected chi connectivity index (χ0v) is 8.01. The van der Waals surface area contributed by atoms with Gasteiger partial charge in [-0.25, -0.2) is 0 Å². The molecule has 0 aromatic heterocycles. The number of hydrogen-bond acceptors (Lipinski definition) is 2. The summed E-state index contributed by atoms with van der Waals surface area (Å²) in [6.07, 6.45) is 8.41. The third-order valence-corrected chi connectivity index (χ3v) is 1.50. The Morgan fingerprint density at radius 2 is 1.91 bits per heavy atom. The van der Waals surface area contributed by atoms with Crippen LogP contribution in [0.3, 0.4) is 0 Å². The van der Waals surface area contributed by atoms with E-state index < -0.39 is 0 Å². The van der Waals surface area contributed by atoms with Gasteiger partial charge in [0.2, 0.25) is 0 Å². The summed E-state index contributed by atoms with van der Waals surface area (Å²) in [5.74, 6) is 0. The molecule has 0 N–H and O–H groups in total. The topological polar surface area (TPSA) is 15.6 Å². The first-order valence-corrected chi connectivity index (χ1v) is 4.47. The van der Waals surface area contributed by atoms with Crippen molar-refractivity contribution in [1.82, 2.24) is 5.01 Å². The molecule has 0 aliphatic carbocycles. The van der Waals surface area contributed by atoms with Gasteiger partial charge < -0.3 is 5.01 Å². The molecule has 66 valence electrons. The first-order valence-electron chi connectivity index (χ1n) is 4.47. The van der Waals surface area contributed by atoms with Gasteiger partial charge in [-0.3, -0.25) is 0 Å². The van der Waals surface area contributed by atoms with Crippen LogP contribution in [-0.4, -0.2) is 25.3 Å². The van der Waals surface area contributed by atoms with Crippen LogP contribution in [0.2, 0.25) is 0 Å². The number of nitrogens with zero attached hydrogens (tertiary/aromatic N) is 2. The van der Waals surface area contributed by atoms with Crippen molar-refractivity contribution in [3.8, 4) is 0 Å². The summed E-state index contributed by atoms with van der Waals surface area (Å²) in [5, 5.41) is 5.96. The van der Waals surface area contributed by atoms with Crippen LogP contribution >= 0.6 is 0 Å². The van der Waals surface area contributed by atoms with Gasteiger partial charge in [0.1, 0.15) is 0 Å². The van der Waals surface area contributed by atoms with Gasteiger partial charge in [0, 0.05) is 20.3 Å². The minimum atomic E-state index is 1.12. The van der Waals surface area contributed by atoms with E-state index in [4.69, 9.17) is 0 Å². The minimum absolute atomic E-state index is 1.12. The lowest BCUT2D eigenvalue weighted by atomic mass is 10.2. The van der Waals surface area contributed by atoms with Crippen LogP contribution in [0.25, 0.3) is 0 Å². The van der Waals surface area contributed by atoms with Crippen molar-refractivity contribution in [2.24, 2.45) is 5.10 Å². The second kappa shape index (κ2) is 7.58. The molecule has 0 unspecified atom stereocenters. The molecule has 0 fully saturated rings. The lowest BCUT2D eigenvalue weighted by Crippen LogP contribution is -2.01. The van der Waals surface area contributed by atoms with E-state index in [1.54, 1.807) is 0 Å². The molecular weight excluding hydrogens is 136 g/mol. The third kappa shape index (κ3) is 9.47. The molecule has 0 aromatic carbocycles. The van der Waals surface area contributed by atoms with Crippen molar-refractivity contribution >= 4 is 6.21 Å². The quantitative estimate of drug-likeness (QED) is 0.328. The normalized spacial score (nSPS) is 10.8. The van der Waals surface area contributed by atoms with Crippen molar-refractivity contribution < 1.29 is 0 Å². The molecule has 0 bridgehead atoms. The molecule has 0 aliphatic rings. The van der Waals surface area contributed by atoms with Crippen molar-refractivity contribution in [2.75, 3.05) is 14.1 Å². The fraction of sp³-hybridized carbons (Fsp3) is 0.889. The van der Waals surface area contributed by atoms with Gasteiger partial charge in [-0.05, 0) is 12.8 Å². The molecule has 0 aliphatic heterocycles. The lowest BCUT2D eigenvalue weighted by Gasteiger charge is -2.01. The molecule has 0 spiro atoms. The number of rotatable bonds is 6. The van der Waals surface area contributed by atoms with Gasteiger partial charge in [-0.2, -0.15) is 5.10 Å². The van der Waals surface area contributed by atoms with Crippen LogP contribution in [0.1, 0.15) is 39.0 Å². The maximum Gasteiger partial charge on any atom is 0.0244 e. The zero-order chi connectivity index (χ0) is 8.53. The van der Waals surface area contributed by atoms with Crippen LogP contribution in [0, 0.1) is 0 Å². The number of unbranched alkanes of at least 4 members (excludes halogenated alkanes) is 4. The van der Waals surface area contributed by atoms with E-state index >= 15 is 0 Å². The maximum atomic E-state index is 4.13. The Bertz CT molecular complexity index is 97.7. The second-order valence-electron chi connectivity index (χ2n) is 2.99. The van der Waals surface area contributed by atoms with Gasteiger partial charge in [0.05, 0.1) is 0 Å². The summed E-state index contributed by atoms with van der Waals surface area (Å²) in [5.41, 5.74) is 0. The van der Waals surface area contributed by atoms with Crippen LogP contribution in [-0.2, 0) is 0 Å². The van der Waals surface area contributed by atoms with Gasteiger partial charge in [-0.15, -0.1) is 0 Å². The SMILES string of the molecule is CCCCCCC=NN(C)C. The fourth-order valence-electron chi connectivity index (χ4n) is 0.883. The Morgan fingerprint density at radius 3 is 2.45 bits per heavy atom. The molecule has 0 radical (unpaired) electrons. The predicted octanol–water partition coefficient (Wildman–Crippen LogP) is 2.50. The molecule has 0 heterocycles. The van der Waals surface area contributed by atoms with E-state index in [1.165, 1.54) is 25.7 Å². The monoisotopic (exact) mass is 156 g/mol. The highest BCUT2D eigenvalue weighted by Crippen LogP contribution is 2.00. The lowest BCUT2D eigenvalue weighted by molar-refractivity contribution is 0.438. The van der Waals surface area contributed by atoms with E-state index in [2.05, 4.69) is 12.0 Å². The second-order valence-corrected chi connectivity index (χ2v) is 2.99. The zero-order valence-electron chi connectivity index (χ0n) is 8.01. The van der Waals surface area contributed by atoms with Gasteiger partial charge >= 0.3 is 0 Å². The largest absolute Gasteiger partial charge is 0.303 e. The van der Waals surface area contributed by atoms with Gasteiger partial charge in [-0.1, -0.05) is 26.2 Å². The molecule has 0 aromatic rings. The predicted molar refractivity (Wildman–Crippen MR) is 50.9 cm³/mol. The average Bonchev–Trinajstić information content (AvgIpc) is 1.96. The van der Waals surface area contributed by atoms with Gasteiger partial charge in [0.25, 0.3) is 0 Å². The number of hydrogen-bond donors (Lipinski definition) is 0. The molecule has 0 saturated heterocycles. The summed E-state index contributed by atoms with van der Waals surface area (Å²) < 4.78 is 0. The molecule has 2 nitrogen and oxygen atoms in total. The smallest absolute Gasteiger partial charge is 0.0244 e. The summed E-state index contributed by atoms with van der Waals surface area (Å²) in [6, 6.07) is 0. The highest BCUT2D eigenvalue weighted by Gasteiger charge is 1.84. The fourth-order valence-corrected chi connectivity index (χ4v) is 0.883. The van der Waals surface area contributed by atoms with Crippen molar-refractivity contribution in [2.45, 2.75) is 39.0 Å². The Morgan fingerprint density at radius 1 is 1.18 bits per heavy atom. The summed E-state index contributed by atoms with van der Waals surface area (Å²) in [4.78, 5) is 0. The van der Waals surface area contributed by atoms with Crippen molar-refractivity contribution in [3.63, 3.8) is 0 Å². The first kappa shape index (κ1) is 10.5. The highest BCUT2D eigenvalue weighted by molar-refractivity contribution is 5.56. The minimum Gasteiger partial charge on any atom is -0.303 e. The molecule has 0 saturated carbocycles. The van der Waals surface area contributed by atoms with Crippen LogP contribution in [0.5, 0.6) is 0 Å². The summed E-state index contributed by atoms with van der Waals surface area (Å²) in [7, 11) is 3.89. The van der Waals surface area contributed by atoms with E-state index in [-0.39, 0.29) is 0 Å². The average molecular weight is 156 g/mol. The molecule has 0 amide bonds. The van der Waals surface area contributed by atoms with Gasteiger partial charge in [0.15, 0.2) is 0 Å². The molecular formula is C9H20N2. The van der Waals surface area contributed by atoms with E-state index in [0.717, 1.165) is 6.42 Å². The Balaban J connectivity index is 3.01. The Hall–Kier alpha value is -0.530. The van der Waals surface area contributed by atoms with E-state index in [0.29, 0.717) is 0 Å².